The Morgan fingerprint density at radius 2 is 1.83 bits per heavy atom. The molecule has 0 bridgehead atoms. The molecule has 6 nitrogen and oxygen atoms in total. The lowest BCUT2D eigenvalue weighted by Crippen LogP contribution is -2.48. The van der Waals surface area contributed by atoms with Gasteiger partial charge in [0.2, 0.25) is 0 Å². The molecule has 0 aromatic heterocycles. The molecule has 1 saturated carbocycles. The molecule has 4 rings (SSSR count). The number of Topliss-reactive ketones (excluding diaryl/α,β-unsaturated/α-hetero) is 1. The van der Waals surface area contributed by atoms with E-state index in [0.29, 0.717) is 5.57 Å². The van der Waals surface area contributed by atoms with Gasteiger partial charge in [-0.05, 0) is 37.6 Å². The van der Waals surface area contributed by atoms with E-state index in [2.05, 4.69) is 23.8 Å². The van der Waals surface area contributed by atoms with Crippen molar-refractivity contribution in [2.45, 2.75) is 32.0 Å². The number of rotatable bonds is 6. The molecule has 1 aliphatic carbocycles. The highest BCUT2D eigenvalue weighted by Crippen LogP contribution is 2.40. The third-order valence-corrected chi connectivity index (χ3v) is 6.95. The second-order valence-corrected chi connectivity index (χ2v) is 8.82. The quantitative estimate of drug-likeness (QED) is 0.713. The molecule has 3 aliphatic rings. The number of methoxy groups -OCH3 is 1. The molecule has 0 spiro atoms. The summed E-state index contributed by atoms with van der Waals surface area (Å²) in [7, 11) is 3.81. The van der Waals surface area contributed by atoms with E-state index in [1.54, 1.807) is 13.4 Å². The zero-order valence-electron chi connectivity index (χ0n) is 18.4. The van der Waals surface area contributed by atoms with Crippen LogP contribution in [0.15, 0.2) is 30.5 Å². The highest BCUT2D eigenvalue weighted by molar-refractivity contribution is 6.22. The average Bonchev–Trinajstić information content (AvgIpc) is 2.77. The Kier molecular flexibility index (Phi) is 6.76. The van der Waals surface area contributed by atoms with E-state index in [9.17, 15) is 4.79 Å². The summed E-state index contributed by atoms with van der Waals surface area (Å²) in [6, 6.07) is 7.60. The zero-order valence-corrected chi connectivity index (χ0v) is 18.4. The van der Waals surface area contributed by atoms with Crippen LogP contribution in [0.5, 0.6) is 5.75 Å². The van der Waals surface area contributed by atoms with Gasteiger partial charge in [0, 0.05) is 38.6 Å². The van der Waals surface area contributed by atoms with Crippen molar-refractivity contribution >= 4 is 11.4 Å². The van der Waals surface area contributed by atoms with Crippen LogP contribution in [0.4, 0.5) is 0 Å². The van der Waals surface area contributed by atoms with Crippen LogP contribution in [0.1, 0.15) is 25.3 Å². The van der Waals surface area contributed by atoms with Gasteiger partial charge in [0.05, 0.1) is 37.6 Å². The van der Waals surface area contributed by atoms with Crippen molar-refractivity contribution in [3.63, 3.8) is 0 Å². The molecule has 0 N–H and O–H groups in total. The lowest BCUT2D eigenvalue weighted by Gasteiger charge is -2.42. The number of carbonyl (C=O) groups excluding carboxylic acids is 1. The summed E-state index contributed by atoms with van der Waals surface area (Å²) in [6.07, 6.45) is 3.45. The summed E-state index contributed by atoms with van der Waals surface area (Å²) < 4.78 is 17.6. The van der Waals surface area contributed by atoms with E-state index in [4.69, 9.17) is 14.2 Å². The van der Waals surface area contributed by atoms with Crippen molar-refractivity contribution in [3.8, 4) is 5.75 Å². The van der Waals surface area contributed by atoms with Crippen LogP contribution in [0.25, 0.3) is 5.57 Å². The molecule has 2 heterocycles. The van der Waals surface area contributed by atoms with Crippen LogP contribution < -0.4 is 4.74 Å². The van der Waals surface area contributed by atoms with Crippen LogP contribution >= 0.6 is 0 Å². The molecule has 1 saturated heterocycles. The van der Waals surface area contributed by atoms with Gasteiger partial charge in [-0.1, -0.05) is 19.1 Å². The van der Waals surface area contributed by atoms with Gasteiger partial charge in [-0.3, -0.25) is 9.69 Å². The molecule has 4 unspecified atom stereocenters. The van der Waals surface area contributed by atoms with Crippen molar-refractivity contribution in [3.05, 3.63) is 36.1 Å². The molecular formula is C24H34N2O4. The van der Waals surface area contributed by atoms with Gasteiger partial charge >= 0.3 is 0 Å². The number of nitrogens with zero attached hydrogens (tertiary/aromatic N) is 2. The second kappa shape index (κ2) is 9.50. The molecule has 0 radical (unpaired) electrons. The second-order valence-electron chi connectivity index (χ2n) is 8.82. The van der Waals surface area contributed by atoms with Crippen LogP contribution in [0.2, 0.25) is 0 Å². The maximum absolute atomic E-state index is 13.2. The maximum Gasteiger partial charge on any atom is 0.173 e. The number of allylic oxidation sites excluding steroid dienone is 1. The lowest BCUT2D eigenvalue weighted by atomic mass is 9.73. The summed E-state index contributed by atoms with van der Waals surface area (Å²) in [4.78, 5) is 18.0. The average molecular weight is 415 g/mol. The molecule has 2 fully saturated rings. The van der Waals surface area contributed by atoms with E-state index in [-0.39, 0.29) is 29.8 Å². The van der Waals surface area contributed by atoms with E-state index in [1.807, 2.05) is 24.3 Å². The van der Waals surface area contributed by atoms with E-state index >= 15 is 0 Å². The zero-order chi connectivity index (χ0) is 21.1. The SMILES string of the molecule is COc1ccc(C2=COC3C(CCC(OCCN4CCN(C)CC4)C3C)C2=O)cc1. The van der Waals surface area contributed by atoms with Crippen LogP contribution in [-0.2, 0) is 14.3 Å². The topological polar surface area (TPSA) is 51.2 Å². The van der Waals surface area contributed by atoms with Crippen molar-refractivity contribution in [2.75, 3.05) is 53.5 Å². The third kappa shape index (κ3) is 4.56. The molecule has 6 heteroatoms. The highest BCUT2D eigenvalue weighted by Gasteiger charge is 2.45. The number of hydrogen-bond donors (Lipinski definition) is 0. The number of ether oxygens (including phenoxy) is 3. The first-order valence-electron chi connectivity index (χ1n) is 11.1. The number of ketones is 1. The summed E-state index contributed by atoms with van der Waals surface area (Å²) in [5.41, 5.74) is 1.55. The number of hydrogen-bond acceptors (Lipinski definition) is 6. The monoisotopic (exact) mass is 414 g/mol. The summed E-state index contributed by atoms with van der Waals surface area (Å²) in [5.74, 6) is 1.09. The number of benzene rings is 1. The van der Waals surface area contributed by atoms with E-state index in [0.717, 1.165) is 63.5 Å². The van der Waals surface area contributed by atoms with Gasteiger partial charge in [-0.2, -0.15) is 0 Å². The highest BCUT2D eigenvalue weighted by atomic mass is 16.5. The summed E-state index contributed by atoms with van der Waals surface area (Å²) in [6.45, 7) is 8.37. The van der Waals surface area contributed by atoms with Crippen molar-refractivity contribution in [1.29, 1.82) is 0 Å². The predicted octanol–water partition coefficient (Wildman–Crippen LogP) is 2.68. The van der Waals surface area contributed by atoms with E-state index < -0.39 is 0 Å². The van der Waals surface area contributed by atoms with Gasteiger partial charge in [0.25, 0.3) is 0 Å². The molecule has 4 atom stereocenters. The molecule has 1 aromatic carbocycles. The third-order valence-electron chi connectivity index (χ3n) is 6.95. The van der Waals surface area contributed by atoms with Gasteiger partial charge in [-0.15, -0.1) is 0 Å². The first-order valence-corrected chi connectivity index (χ1v) is 11.1. The molecule has 30 heavy (non-hydrogen) atoms. The largest absolute Gasteiger partial charge is 0.497 e. The Morgan fingerprint density at radius 1 is 1.10 bits per heavy atom. The van der Waals surface area contributed by atoms with Crippen molar-refractivity contribution < 1.29 is 19.0 Å². The van der Waals surface area contributed by atoms with Crippen LogP contribution in [-0.4, -0.2) is 81.3 Å². The fourth-order valence-corrected chi connectivity index (χ4v) is 4.87. The number of likely N-dealkylation sites (N-methyl/N-ethyl adjacent to an activating group) is 1. The lowest BCUT2D eigenvalue weighted by molar-refractivity contribution is -0.135. The Balaban J connectivity index is 1.33. The fraction of sp³-hybridized carbons (Fsp3) is 0.625. The number of carbonyl (C=O) groups is 1. The van der Waals surface area contributed by atoms with Gasteiger partial charge in [0.1, 0.15) is 11.9 Å². The maximum atomic E-state index is 13.2. The minimum atomic E-state index is -0.0955. The van der Waals surface area contributed by atoms with E-state index in [1.165, 1.54) is 0 Å². The molecule has 164 valence electrons. The minimum absolute atomic E-state index is 0.0837. The van der Waals surface area contributed by atoms with Crippen LogP contribution in [0.3, 0.4) is 0 Å². The normalized spacial score (nSPS) is 30.4. The predicted molar refractivity (Wildman–Crippen MR) is 116 cm³/mol. The smallest absolute Gasteiger partial charge is 0.173 e. The first-order chi connectivity index (χ1) is 14.6. The first kappa shape index (κ1) is 21.3. The summed E-state index contributed by atoms with van der Waals surface area (Å²) >= 11 is 0. The number of fused-ring (bicyclic) bond motifs is 1. The Hall–Kier alpha value is -1.89. The fourth-order valence-electron chi connectivity index (χ4n) is 4.87. The molecule has 1 aromatic rings. The Bertz CT molecular complexity index is 755. The van der Waals surface area contributed by atoms with Crippen molar-refractivity contribution in [1.82, 2.24) is 9.80 Å². The summed E-state index contributed by atoms with van der Waals surface area (Å²) in [5, 5.41) is 0. The van der Waals surface area contributed by atoms with Gasteiger partial charge in [-0.25, -0.2) is 0 Å². The van der Waals surface area contributed by atoms with Crippen LogP contribution in [0, 0.1) is 11.8 Å². The standard InChI is InChI=1S/C24H34N2O4/c1-17-22(29-15-14-26-12-10-25(2)11-13-26)9-8-20-23(27)21(16-30-24(17)20)18-4-6-19(28-3)7-5-18/h4-7,16-17,20,22,24H,8-15H2,1-3H3. The molecule has 2 aliphatic heterocycles. The number of piperazine rings is 1. The Morgan fingerprint density at radius 3 is 2.53 bits per heavy atom. The Labute approximate surface area is 179 Å². The minimum Gasteiger partial charge on any atom is -0.497 e. The molecular weight excluding hydrogens is 380 g/mol. The van der Waals surface area contributed by atoms with Gasteiger partial charge < -0.3 is 19.1 Å². The van der Waals surface area contributed by atoms with Crippen molar-refractivity contribution in [2.24, 2.45) is 11.8 Å². The van der Waals surface area contributed by atoms with Gasteiger partial charge in [0.15, 0.2) is 5.78 Å². The molecule has 0 amide bonds.